The maximum atomic E-state index is 13.0. The first-order valence-electron chi connectivity index (χ1n) is 14.2. The van der Waals surface area contributed by atoms with Gasteiger partial charge in [0.25, 0.3) is 5.56 Å². The zero-order valence-corrected chi connectivity index (χ0v) is 24.0. The van der Waals surface area contributed by atoms with E-state index in [1.54, 1.807) is 18.5 Å². The summed E-state index contributed by atoms with van der Waals surface area (Å²) in [4.78, 5) is 49.3. The molecule has 2 fully saturated rings. The number of benzene rings is 1. The zero-order chi connectivity index (χ0) is 29.1. The van der Waals surface area contributed by atoms with Gasteiger partial charge in [0.15, 0.2) is 11.2 Å². The van der Waals surface area contributed by atoms with Crippen molar-refractivity contribution in [3.05, 3.63) is 57.3 Å². The van der Waals surface area contributed by atoms with Gasteiger partial charge in [-0.3, -0.25) is 18.7 Å². The first-order chi connectivity index (χ1) is 19.5. The Kier molecular flexibility index (Phi) is 6.65. The summed E-state index contributed by atoms with van der Waals surface area (Å²) in [7, 11) is 5.01. The number of para-hydroxylation sites is 2. The van der Waals surface area contributed by atoms with Crippen LogP contribution in [0.2, 0.25) is 0 Å². The van der Waals surface area contributed by atoms with E-state index in [1.165, 1.54) is 17.9 Å². The number of carbonyl (C=O) groups is 1. The van der Waals surface area contributed by atoms with Gasteiger partial charge in [0, 0.05) is 53.5 Å². The summed E-state index contributed by atoms with van der Waals surface area (Å²) >= 11 is 0. The Labute approximate surface area is 236 Å². The number of likely N-dealkylation sites (tertiary alicyclic amines) is 1. The van der Waals surface area contributed by atoms with E-state index in [4.69, 9.17) is 9.72 Å². The van der Waals surface area contributed by atoms with Crippen LogP contribution in [0.5, 0.6) is 0 Å². The second kappa shape index (κ2) is 9.95. The summed E-state index contributed by atoms with van der Waals surface area (Å²) in [5, 5.41) is 11.6. The first-order valence-corrected chi connectivity index (χ1v) is 14.2. The third kappa shape index (κ3) is 4.58. The van der Waals surface area contributed by atoms with Crippen LogP contribution in [0.25, 0.3) is 22.2 Å². The number of hydrogen-bond acceptors (Lipinski definition) is 7. The van der Waals surface area contributed by atoms with Crippen molar-refractivity contribution in [1.29, 1.82) is 0 Å². The quantitative estimate of drug-likeness (QED) is 0.389. The molecule has 12 heteroatoms. The van der Waals surface area contributed by atoms with Gasteiger partial charge in [-0.1, -0.05) is 12.1 Å². The SMILES string of the molecule is Cn1c(=O)c2c(ncn2[C@@H]2COC3(CCN(C(=O)CCCc4nc5ccccc5n4C)CC3)C[C@@]2(C)O)n(C)c1=O. The Bertz CT molecular complexity index is 1750. The lowest BCUT2D eigenvalue weighted by Gasteiger charge is -2.51. The molecule has 2 aliphatic rings. The molecule has 1 amide bonds. The maximum Gasteiger partial charge on any atom is 0.332 e. The maximum absolute atomic E-state index is 13.0. The molecule has 0 bridgehead atoms. The Morgan fingerprint density at radius 3 is 2.54 bits per heavy atom. The van der Waals surface area contributed by atoms with Crippen molar-refractivity contribution in [2.75, 3.05) is 19.7 Å². The molecule has 1 aromatic carbocycles. The molecule has 2 saturated heterocycles. The summed E-state index contributed by atoms with van der Waals surface area (Å²) in [5.41, 5.74) is -0.0469. The summed E-state index contributed by atoms with van der Waals surface area (Å²) in [6.45, 7) is 3.10. The molecule has 41 heavy (non-hydrogen) atoms. The van der Waals surface area contributed by atoms with Gasteiger partial charge in [-0.2, -0.15) is 0 Å². The number of fused-ring (bicyclic) bond motifs is 2. The van der Waals surface area contributed by atoms with Crippen molar-refractivity contribution >= 4 is 28.1 Å². The average Bonchev–Trinajstić information content (AvgIpc) is 3.52. The Morgan fingerprint density at radius 2 is 1.83 bits per heavy atom. The van der Waals surface area contributed by atoms with Crippen LogP contribution in [-0.2, 0) is 37.1 Å². The fraction of sp³-hybridized carbons (Fsp3) is 0.552. The molecule has 5 heterocycles. The summed E-state index contributed by atoms with van der Waals surface area (Å²) in [6.07, 6.45) is 5.06. The van der Waals surface area contributed by atoms with Gasteiger partial charge in [0.1, 0.15) is 5.82 Å². The highest BCUT2D eigenvalue weighted by Crippen LogP contribution is 2.44. The fourth-order valence-corrected chi connectivity index (χ4v) is 6.70. The molecule has 6 rings (SSSR count). The number of carbonyl (C=O) groups excluding carboxylic acids is 1. The number of aryl methyl sites for hydroxylation is 3. The molecule has 0 radical (unpaired) electrons. The molecule has 1 spiro atoms. The lowest BCUT2D eigenvalue weighted by Crippen LogP contribution is -2.58. The molecular formula is C29H37N7O5. The van der Waals surface area contributed by atoms with Gasteiger partial charge in [-0.05, 0) is 38.3 Å². The minimum atomic E-state index is -1.19. The van der Waals surface area contributed by atoms with E-state index >= 15 is 0 Å². The lowest BCUT2D eigenvalue weighted by molar-refractivity contribution is -0.196. The molecule has 218 valence electrons. The van der Waals surface area contributed by atoms with Crippen molar-refractivity contribution in [2.24, 2.45) is 21.1 Å². The van der Waals surface area contributed by atoms with E-state index in [0.717, 1.165) is 34.3 Å². The van der Waals surface area contributed by atoms with Crippen LogP contribution < -0.4 is 11.2 Å². The molecule has 0 aliphatic carbocycles. The molecule has 2 atom stereocenters. The normalized spacial score (nSPS) is 22.7. The summed E-state index contributed by atoms with van der Waals surface area (Å²) in [5.74, 6) is 1.11. The van der Waals surface area contributed by atoms with Gasteiger partial charge < -0.3 is 23.9 Å². The lowest BCUT2D eigenvalue weighted by atomic mass is 9.75. The predicted molar refractivity (Wildman–Crippen MR) is 153 cm³/mol. The van der Waals surface area contributed by atoms with Crippen molar-refractivity contribution in [1.82, 2.24) is 33.1 Å². The Morgan fingerprint density at radius 1 is 1.10 bits per heavy atom. The molecular weight excluding hydrogens is 526 g/mol. The molecule has 3 aromatic heterocycles. The Hall–Kier alpha value is -3.77. The van der Waals surface area contributed by atoms with Gasteiger partial charge in [0.2, 0.25) is 5.91 Å². The smallest absolute Gasteiger partial charge is 0.332 e. The standard InChI is InChI=1S/C29H37N7O5/c1-28(40)17-29(41-16-21(28)36-18-30-25-24(36)26(38)34(4)27(39)33(25)3)12-14-35(15-13-29)23(37)11-7-10-22-31-19-8-5-6-9-20(19)32(22)2/h5-6,8-9,18,21,40H,7,10-17H2,1-4H3/t21-,28-/m1/s1. The zero-order valence-electron chi connectivity index (χ0n) is 24.0. The summed E-state index contributed by atoms with van der Waals surface area (Å²) < 4.78 is 12.5. The fourth-order valence-electron chi connectivity index (χ4n) is 6.70. The van der Waals surface area contributed by atoms with Crippen LogP contribution in [-0.4, -0.2) is 75.0 Å². The van der Waals surface area contributed by atoms with Crippen LogP contribution in [0.3, 0.4) is 0 Å². The molecule has 4 aromatic rings. The first kappa shape index (κ1) is 27.4. The Balaban J connectivity index is 1.08. The largest absolute Gasteiger partial charge is 0.388 e. The molecule has 2 aliphatic heterocycles. The number of rotatable bonds is 5. The molecule has 0 unspecified atom stereocenters. The van der Waals surface area contributed by atoms with Gasteiger partial charge in [-0.25, -0.2) is 14.8 Å². The van der Waals surface area contributed by atoms with E-state index in [9.17, 15) is 19.5 Å². The van der Waals surface area contributed by atoms with Gasteiger partial charge in [-0.15, -0.1) is 0 Å². The number of nitrogens with zero attached hydrogens (tertiary/aromatic N) is 7. The topological polar surface area (TPSA) is 129 Å². The predicted octanol–water partition coefficient (Wildman–Crippen LogP) is 1.42. The molecule has 0 saturated carbocycles. The van der Waals surface area contributed by atoms with Gasteiger partial charge in [0.05, 0.1) is 41.2 Å². The highest BCUT2D eigenvalue weighted by Gasteiger charge is 2.50. The van der Waals surface area contributed by atoms with Crippen molar-refractivity contribution < 1.29 is 14.6 Å². The number of amides is 1. The van der Waals surface area contributed by atoms with Crippen molar-refractivity contribution in [3.63, 3.8) is 0 Å². The van der Waals surface area contributed by atoms with Gasteiger partial charge >= 0.3 is 5.69 Å². The van der Waals surface area contributed by atoms with Crippen LogP contribution in [0.15, 0.2) is 40.2 Å². The highest BCUT2D eigenvalue weighted by molar-refractivity contribution is 5.77. The third-order valence-corrected chi connectivity index (χ3v) is 9.15. The van der Waals surface area contributed by atoms with E-state index in [-0.39, 0.29) is 23.7 Å². The van der Waals surface area contributed by atoms with E-state index < -0.39 is 28.5 Å². The number of imidazole rings is 2. The molecule has 12 nitrogen and oxygen atoms in total. The third-order valence-electron chi connectivity index (χ3n) is 9.15. The number of piperidine rings is 1. The monoisotopic (exact) mass is 563 g/mol. The molecule has 1 N–H and O–H groups in total. The average molecular weight is 564 g/mol. The van der Waals surface area contributed by atoms with Crippen LogP contribution in [0.4, 0.5) is 0 Å². The number of aromatic nitrogens is 6. The van der Waals surface area contributed by atoms with E-state index in [1.807, 2.05) is 30.1 Å². The minimum Gasteiger partial charge on any atom is -0.388 e. The number of aliphatic hydroxyl groups is 1. The van der Waals surface area contributed by atoms with Crippen LogP contribution in [0, 0.1) is 0 Å². The summed E-state index contributed by atoms with van der Waals surface area (Å²) in [6, 6.07) is 7.49. The van der Waals surface area contributed by atoms with Crippen molar-refractivity contribution in [3.8, 4) is 0 Å². The second-order valence-corrected chi connectivity index (χ2v) is 11.9. The van der Waals surface area contributed by atoms with Crippen molar-refractivity contribution in [2.45, 2.75) is 62.7 Å². The number of ether oxygens (including phenoxy) is 1. The van der Waals surface area contributed by atoms with Crippen LogP contribution in [0.1, 0.15) is 50.9 Å². The number of hydrogen-bond donors (Lipinski definition) is 1. The van der Waals surface area contributed by atoms with Crippen LogP contribution >= 0.6 is 0 Å². The second-order valence-electron chi connectivity index (χ2n) is 11.9. The van der Waals surface area contributed by atoms with E-state index in [0.29, 0.717) is 38.8 Å². The minimum absolute atomic E-state index is 0.130. The highest BCUT2D eigenvalue weighted by atomic mass is 16.5. The van der Waals surface area contributed by atoms with E-state index in [2.05, 4.69) is 15.6 Å².